The summed E-state index contributed by atoms with van der Waals surface area (Å²) in [7, 11) is 0. The van der Waals surface area contributed by atoms with E-state index in [4.69, 9.17) is 4.98 Å². The van der Waals surface area contributed by atoms with E-state index in [-0.39, 0.29) is 0 Å². The largest absolute Gasteiger partial charge is 0.264 e. The van der Waals surface area contributed by atoms with Crippen LogP contribution in [0.1, 0.15) is 0 Å². The van der Waals surface area contributed by atoms with E-state index < -0.39 is 0 Å². The van der Waals surface area contributed by atoms with Gasteiger partial charge in [-0.15, -0.1) is 22.7 Å². The fourth-order valence-electron chi connectivity index (χ4n) is 2.61. The van der Waals surface area contributed by atoms with Crippen LogP contribution >= 0.6 is 22.7 Å². The summed E-state index contributed by atoms with van der Waals surface area (Å²) in [5.74, 6) is 0.730. The van der Waals surface area contributed by atoms with E-state index in [1.54, 1.807) is 41.3 Å². The van der Waals surface area contributed by atoms with Crippen LogP contribution in [-0.2, 0) is 0 Å². The van der Waals surface area contributed by atoms with Gasteiger partial charge in [-0.3, -0.25) is 4.98 Å². The predicted molar refractivity (Wildman–Crippen MR) is 105 cm³/mol. The van der Waals surface area contributed by atoms with Crippen LogP contribution in [0.25, 0.3) is 42.1 Å². The fourth-order valence-corrected chi connectivity index (χ4v) is 4.46. The lowest BCUT2D eigenvalue weighted by Crippen LogP contribution is -1.81. The lowest BCUT2D eigenvalue weighted by atomic mass is 10.2. The molecule has 0 saturated heterocycles. The van der Waals surface area contributed by atoms with Gasteiger partial charge in [-0.05, 0) is 36.4 Å². The van der Waals surface area contributed by atoms with Crippen LogP contribution in [0.15, 0.2) is 67.4 Å². The maximum atomic E-state index is 4.82. The first-order valence-corrected chi connectivity index (χ1v) is 9.55. The fraction of sp³-hybridized carbons (Fsp3) is 0. The Bertz CT molecular complexity index is 1180. The van der Waals surface area contributed by atoms with Crippen molar-refractivity contribution in [2.45, 2.75) is 0 Å². The molecule has 124 valence electrons. The average molecular weight is 373 g/mol. The molecule has 0 N–H and O–H groups in total. The minimum Gasteiger partial charge on any atom is -0.264 e. The molecule has 5 heterocycles. The van der Waals surface area contributed by atoms with Crippen LogP contribution in [0.4, 0.5) is 0 Å². The van der Waals surface area contributed by atoms with E-state index in [9.17, 15) is 0 Å². The lowest BCUT2D eigenvalue weighted by molar-refractivity contribution is 1.19. The molecule has 26 heavy (non-hydrogen) atoms. The Balaban J connectivity index is 1.53. The second kappa shape index (κ2) is 6.36. The first-order valence-electron chi connectivity index (χ1n) is 7.91. The van der Waals surface area contributed by atoms with Crippen molar-refractivity contribution < 1.29 is 0 Å². The second-order valence-corrected chi connectivity index (χ2v) is 7.61. The summed E-state index contributed by atoms with van der Waals surface area (Å²) < 4.78 is 0. The third kappa shape index (κ3) is 2.77. The Morgan fingerprint density at radius 2 is 1.69 bits per heavy atom. The van der Waals surface area contributed by atoms with Crippen LogP contribution in [0, 0.1) is 0 Å². The molecule has 0 aliphatic rings. The van der Waals surface area contributed by atoms with Crippen LogP contribution in [0.3, 0.4) is 0 Å². The first kappa shape index (κ1) is 15.2. The summed E-state index contributed by atoms with van der Waals surface area (Å²) in [6, 6.07) is 11.9. The molecule has 0 radical (unpaired) electrons. The molecule has 0 bridgehead atoms. The van der Waals surface area contributed by atoms with Gasteiger partial charge in [-0.25, -0.2) is 19.9 Å². The van der Waals surface area contributed by atoms with E-state index in [0.717, 1.165) is 42.1 Å². The maximum Gasteiger partial charge on any atom is 0.169 e. The smallest absolute Gasteiger partial charge is 0.169 e. The highest BCUT2D eigenvalue weighted by Gasteiger charge is 2.11. The molecule has 0 aliphatic heterocycles. The van der Waals surface area contributed by atoms with Gasteiger partial charge in [0.15, 0.2) is 5.82 Å². The van der Waals surface area contributed by atoms with Crippen molar-refractivity contribution in [1.82, 2.24) is 24.9 Å². The van der Waals surface area contributed by atoms with Gasteiger partial charge in [0.1, 0.15) is 9.84 Å². The molecule has 0 amide bonds. The quantitative estimate of drug-likeness (QED) is 0.448. The molecule has 0 aliphatic carbocycles. The molecule has 5 aromatic rings. The number of thiophene rings is 1. The number of fused-ring (bicyclic) bond motifs is 1. The van der Waals surface area contributed by atoms with Crippen LogP contribution < -0.4 is 0 Å². The summed E-state index contributed by atoms with van der Waals surface area (Å²) in [6.07, 6.45) is 8.96. The van der Waals surface area contributed by atoms with Crippen LogP contribution in [-0.4, -0.2) is 24.9 Å². The highest BCUT2D eigenvalue weighted by atomic mass is 32.1. The van der Waals surface area contributed by atoms with Gasteiger partial charge in [-0.1, -0.05) is 0 Å². The zero-order chi connectivity index (χ0) is 17.3. The third-order valence-corrected chi connectivity index (χ3v) is 5.95. The van der Waals surface area contributed by atoms with Crippen LogP contribution in [0.2, 0.25) is 0 Å². The standard InChI is InChI=1S/C19H11N5S2/c1-3-13(10-20-6-1)18-23-11-16(26-18)14-5-4-12-9-15(25-19(12)24-14)17-21-7-2-8-22-17/h1-11H. The molecule has 5 nitrogen and oxygen atoms in total. The molecule has 5 rings (SSSR count). The molecular weight excluding hydrogens is 362 g/mol. The van der Waals surface area contributed by atoms with E-state index in [2.05, 4.69) is 32.1 Å². The number of rotatable bonds is 3. The second-order valence-electron chi connectivity index (χ2n) is 5.55. The van der Waals surface area contributed by atoms with Crippen molar-refractivity contribution in [1.29, 1.82) is 0 Å². The Hall–Kier alpha value is -3.03. The van der Waals surface area contributed by atoms with Crippen molar-refractivity contribution in [3.63, 3.8) is 0 Å². The highest BCUT2D eigenvalue weighted by Crippen LogP contribution is 2.35. The van der Waals surface area contributed by atoms with Gasteiger partial charge in [0, 0.05) is 41.9 Å². The third-order valence-electron chi connectivity index (χ3n) is 3.84. The Morgan fingerprint density at radius 1 is 0.769 bits per heavy atom. The van der Waals surface area contributed by atoms with Gasteiger partial charge in [0.2, 0.25) is 0 Å². The number of hydrogen-bond acceptors (Lipinski definition) is 7. The summed E-state index contributed by atoms with van der Waals surface area (Å²) in [4.78, 5) is 25.2. The van der Waals surface area contributed by atoms with E-state index in [1.807, 2.05) is 36.7 Å². The van der Waals surface area contributed by atoms with E-state index in [0.29, 0.717) is 0 Å². The van der Waals surface area contributed by atoms with Gasteiger partial charge >= 0.3 is 0 Å². The molecule has 7 heteroatoms. The molecule has 0 fully saturated rings. The molecule has 0 spiro atoms. The summed E-state index contributed by atoms with van der Waals surface area (Å²) in [5.41, 5.74) is 1.94. The minimum atomic E-state index is 0.730. The normalized spacial score (nSPS) is 11.1. The minimum absolute atomic E-state index is 0.730. The zero-order valence-electron chi connectivity index (χ0n) is 13.4. The topological polar surface area (TPSA) is 64.5 Å². The molecule has 5 aromatic heterocycles. The van der Waals surface area contributed by atoms with Crippen molar-refractivity contribution in [2.24, 2.45) is 0 Å². The molecule has 0 aromatic carbocycles. The Kier molecular flexibility index (Phi) is 3.73. The number of thiazole rings is 1. The summed E-state index contributed by atoms with van der Waals surface area (Å²) >= 11 is 3.22. The summed E-state index contributed by atoms with van der Waals surface area (Å²) in [5, 5.41) is 2.04. The molecule has 0 atom stereocenters. The van der Waals surface area contributed by atoms with Gasteiger partial charge < -0.3 is 0 Å². The highest BCUT2D eigenvalue weighted by molar-refractivity contribution is 7.21. The Morgan fingerprint density at radius 3 is 2.54 bits per heavy atom. The van der Waals surface area contributed by atoms with E-state index >= 15 is 0 Å². The van der Waals surface area contributed by atoms with Crippen molar-refractivity contribution in [3.05, 3.63) is 67.4 Å². The van der Waals surface area contributed by atoms with Crippen molar-refractivity contribution in [3.8, 4) is 31.8 Å². The monoisotopic (exact) mass is 373 g/mol. The van der Waals surface area contributed by atoms with Crippen molar-refractivity contribution in [2.75, 3.05) is 0 Å². The molecule has 0 saturated carbocycles. The van der Waals surface area contributed by atoms with Crippen LogP contribution in [0.5, 0.6) is 0 Å². The van der Waals surface area contributed by atoms with E-state index in [1.165, 1.54) is 0 Å². The van der Waals surface area contributed by atoms with Gasteiger partial charge in [0.25, 0.3) is 0 Å². The first-order chi connectivity index (χ1) is 12.9. The van der Waals surface area contributed by atoms with Gasteiger partial charge in [0.05, 0.1) is 15.4 Å². The van der Waals surface area contributed by atoms with Crippen molar-refractivity contribution >= 4 is 32.9 Å². The number of hydrogen-bond donors (Lipinski definition) is 0. The predicted octanol–water partition coefficient (Wildman–Crippen LogP) is 4.94. The SMILES string of the molecule is c1cnc(-c2cc3ccc(-c4cnc(-c5cccnc5)s4)nc3s2)nc1. The lowest BCUT2D eigenvalue weighted by Gasteiger charge is -1.96. The molecular formula is C19H11N5S2. The number of pyridine rings is 2. The number of aromatic nitrogens is 5. The Labute approximate surface area is 157 Å². The maximum absolute atomic E-state index is 4.82. The number of nitrogens with zero attached hydrogens (tertiary/aromatic N) is 5. The van der Waals surface area contributed by atoms with Gasteiger partial charge in [-0.2, -0.15) is 0 Å². The average Bonchev–Trinajstić information content (AvgIpc) is 3.36. The summed E-state index contributed by atoms with van der Waals surface area (Å²) in [6.45, 7) is 0. The zero-order valence-corrected chi connectivity index (χ0v) is 15.0. The molecule has 0 unspecified atom stereocenters.